The summed E-state index contributed by atoms with van der Waals surface area (Å²) in [5, 5.41) is 3.63. The molecule has 2 saturated heterocycles. The molecule has 0 aliphatic carbocycles. The van der Waals surface area contributed by atoms with E-state index in [9.17, 15) is 0 Å². The van der Waals surface area contributed by atoms with E-state index >= 15 is 0 Å². The molecule has 21 heavy (non-hydrogen) atoms. The molecule has 0 aromatic heterocycles. The van der Waals surface area contributed by atoms with Gasteiger partial charge in [0.05, 0.1) is 6.04 Å². The van der Waals surface area contributed by atoms with Crippen LogP contribution in [0.15, 0.2) is 30.3 Å². The van der Waals surface area contributed by atoms with E-state index in [4.69, 9.17) is 0 Å². The highest BCUT2D eigenvalue weighted by Gasteiger charge is 2.27. The number of likely N-dealkylation sites (tertiary alicyclic amines) is 1. The number of hydrogen-bond donors (Lipinski definition) is 3. The number of halogens is 1. The van der Waals surface area contributed by atoms with Gasteiger partial charge in [0.25, 0.3) is 0 Å². The summed E-state index contributed by atoms with van der Waals surface area (Å²) < 4.78 is 0. The van der Waals surface area contributed by atoms with Gasteiger partial charge in [-0.3, -0.25) is 5.43 Å². The Labute approximate surface area is 134 Å². The average molecular weight is 311 g/mol. The van der Waals surface area contributed by atoms with Crippen LogP contribution in [-0.2, 0) is 0 Å². The molecular formula is C16H27ClN4. The normalized spacial score (nSPS) is 25.9. The molecule has 0 spiro atoms. The largest absolute Gasteiger partial charge is 0.315 e. The van der Waals surface area contributed by atoms with E-state index in [1.165, 1.54) is 38.0 Å². The molecule has 1 aromatic carbocycles. The molecule has 2 fully saturated rings. The second kappa shape index (κ2) is 8.71. The lowest BCUT2D eigenvalue weighted by molar-refractivity contribution is 0.328. The van der Waals surface area contributed by atoms with Gasteiger partial charge in [-0.05, 0) is 31.5 Å². The molecule has 3 N–H and O–H groups in total. The van der Waals surface area contributed by atoms with Crippen LogP contribution in [0.4, 0.5) is 0 Å². The third-order valence-corrected chi connectivity index (χ3v) is 4.46. The Morgan fingerprint density at radius 3 is 2.67 bits per heavy atom. The Hall–Kier alpha value is -0.650. The van der Waals surface area contributed by atoms with Gasteiger partial charge in [0.15, 0.2) is 0 Å². The fourth-order valence-electron chi connectivity index (χ4n) is 3.27. The SMILES string of the molecule is Cl.c1ccc(C2NNCC2CNCCN2CCCC2)cc1. The molecule has 0 amide bonds. The zero-order valence-electron chi connectivity index (χ0n) is 12.6. The van der Waals surface area contributed by atoms with Gasteiger partial charge in [-0.25, -0.2) is 5.43 Å². The molecule has 2 unspecified atom stereocenters. The second-order valence-corrected chi connectivity index (χ2v) is 5.93. The molecule has 3 rings (SSSR count). The van der Waals surface area contributed by atoms with Crippen molar-refractivity contribution in [1.82, 2.24) is 21.1 Å². The van der Waals surface area contributed by atoms with Gasteiger partial charge in [-0.15, -0.1) is 12.4 Å². The van der Waals surface area contributed by atoms with Gasteiger partial charge < -0.3 is 10.2 Å². The van der Waals surface area contributed by atoms with E-state index in [-0.39, 0.29) is 12.4 Å². The molecule has 2 aliphatic heterocycles. The summed E-state index contributed by atoms with van der Waals surface area (Å²) in [4.78, 5) is 2.56. The first-order valence-electron chi connectivity index (χ1n) is 7.90. The molecular weight excluding hydrogens is 284 g/mol. The van der Waals surface area contributed by atoms with Crippen molar-refractivity contribution in [2.45, 2.75) is 18.9 Å². The number of hydrogen-bond acceptors (Lipinski definition) is 4. The summed E-state index contributed by atoms with van der Waals surface area (Å²) in [5.41, 5.74) is 8.09. The minimum Gasteiger partial charge on any atom is -0.315 e. The fraction of sp³-hybridized carbons (Fsp3) is 0.625. The molecule has 118 valence electrons. The highest BCUT2D eigenvalue weighted by atomic mass is 35.5. The van der Waals surface area contributed by atoms with Crippen LogP contribution in [0.25, 0.3) is 0 Å². The lowest BCUT2D eigenvalue weighted by Gasteiger charge is -2.20. The van der Waals surface area contributed by atoms with Gasteiger partial charge in [0.2, 0.25) is 0 Å². The Morgan fingerprint density at radius 1 is 1.14 bits per heavy atom. The van der Waals surface area contributed by atoms with Gasteiger partial charge >= 0.3 is 0 Å². The predicted octanol–water partition coefficient (Wildman–Crippen LogP) is 1.56. The van der Waals surface area contributed by atoms with E-state index in [1.807, 2.05) is 0 Å². The van der Waals surface area contributed by atoms with Crippen LogP contribution in [0.5, 0.6) is 0 Å². The van der Waals surface area contributed by atoms with Crippen LogP contribution in [-0.4, -0.2) is 44.2 Å². The van der Waals surface area contributed by atoms with Crippen molar-refractivity contribution in [3.63, 3.8) is 0 Å². The molecule has 0 bridgehead atoms. The molecule has 2 heterocycles. The Bertz CT molecular complexity index is 395. The summed E-state index contributed by atoms with van der Waals surface area (Å²) in [6, 6.07) is 11.2. The Kier molecular flexibility index (Phi) is 6.93. The number of nitrogens with one attached hydrogen (secondary N) is 3. The third-order valence-electron chi connectivity index (χ3n) is 4.46. The lowest BCUT2D eigenvalue weighted by Crippen LogP contribution is -2.34. The quantitative estimate of drug-likeness (QED) is 0.697. The molecule has 1 aromatic rings. The van der Waals surface area contributed by atoms with Crippen LogP contribution >= 0.6 is 12.4 Å². The summed E-state index contributed by atoms with van der Waals surface area (Å²) in [6.07, 6.45) is 2.76. The maximum atomic E-state index is 3.63. The second-order valence-electron chi connectivity index (χ2n) is 5.93. The van der Waals surface area contributed by atoms with Crippen molar-refractivity contribution in [3.05, 3.63) is 35.9 Å². The van der Waals surface area contributed by atoms with Gasteiger partial charge in [0.1, 0.15) is 0 Å². The van der Waals surface area contributed by atoms with E-state index < -0.39 is 0 Å². The molecule has 0 saturated carbocycles. The molecule has 4 nitrogen and oxygen atoms in total. The highest BCUT2D eigenvalue weighted by Crippen LogP contribution is 2.23. The first kappa shape index (κ1) is 16.7. The van der Waals surface area contributed by atoms with Crippen molar-refractivity contribution < 1.29 is 0 Å². The summed E-state index contributed by atoms with van der Waals surface area (Å²) in [5.74, 6) is 0.621. The molecule has 2 aliphatic rings. The summed E-state index contributed by atoms with van der Waals surface area (Å²) >= 11 is 0. The third kappa shape index (κ3) is 4.66. The van der Waals surface area contributed by atoms with Crippen LogP contribution in [0.1, 0.15) is 24.4 Å². The van der Waals surface area contributed by atoms with E-state index in [0.29, 0.717) is 12.0 Å². The minimum atomic E-state index is 0. The van der Waals surface area contributed by atoms with Crippen molar-refractivity contribution in [3.8, 4) is 0 Å². The average Bonchev–Trinajstić information content (AvgIpc) is 3.16. The zero-order chi connectivity index (χ0) is 13.6. The first-order chi connectivity index (χ1) is 9.93. The van der Waals surface area contributed by atoms with Crippen molar-refractivity contribution in [1.29, 1.82) is 0 Å². The molecule has 0 radical (unpaired) electrons. The number of benzene rings is 1. The van der Waals surface area contributed by atoms with Gasteiger partial charge in [-0.2, -0.15) is 0 Å². The zero-order valence-corrected chi connectivity index (χ0v) is 13.4. The monoisotopic (exact) mass is 310 g/mol. The van der Waals surface area contributed by atoms with Crippen LogP contribution < -0.4 is 16.2 Å². The fourth-order valence-corrected chi connectivity index (χ4v) is 3.27. The maximum absolute atomic E-state index is 3.63. The predicted molar refractivity (Wildman–Crippen MR) is 89.6 cm³/mol. The summed E-state index contributed by atoms with van der Waals surface area (Å²) in [7, 11) is 0. The lowest BCUT2D eigenvalue weighted by atomic mass is 9.95. The Morgan fingerprint density at radius 2 is 1.90 bits per heavy atom. The van der Waals surface area contributed by atoms with Gasteiger partial charge in [0, 0.05) is 32.1 Å². The maximum Gasteiger partial charge on any atom is 0.0515 e. The minimum absolute atomic E-state index is 0. The smallest absolute Gasteiger partial charge is 0.0515 e. The number of rotatable bonds is 6. The van der Waals surface area contributed by atoms with Crippen LogP contribution in [0.3, 0.4) is 0 Å². The van der Waals surface area contributed by atoms with E-state index in [2.05, 4.69) is 51.4 Å². The van der Waals surface area contributed by atoms with Gasteiger partial charge in [-0.1, -0.05) is 30.3 Å². The van der Waals surface area contributed by atoms with E-state index in [1.54, 1.807) is 0 Å². The number of hydrazine groups is 1. The standard InChI is InChI=1S/C16H26N4.ClH/c1-2-6-14(7-3-1)16-15(13-18-19-16)12-17-8-11-20-9-4-5-10-20;/h1-3,6-7,15-19H,4-5,8-13H2;1H. The van der Waals surface area contributed by atoms with Crippen LogP contribution in [0.2, 0.25) is 0 Å². The van der Waals surface area contributed by atoms with Crippen molar-refractivity contribution in [2.75, 3.05) is 39.3 Å². The van der Waals surface area contributed by atoms with Crippen LogP contribution in [0, 0.1) is 5.92 Å². The molecule has 5 heteroatoms. The summed E-state index contributed by atoms with van der Waals surface area (Å²) in [6.45, 7) is 7.01. The highest BCUT2D eigenvalue weighted by molar-refractivity contribution is 5.85. The van der Waals surface area contributed by atoms with Crippen molar-refractivity contribution in [2.24, 2.45) is 5.92 Å². The Balaban J connectivity index is 0.00000161. The molecule has 2 atom stereocenters. The van der Waals surface area contributed by atoms with Crippen molar-refractivity contribution >= 4 is 12.4 Å². The first-order valence-corrected chi connectivity index (χ1v) is 7.90. The topological polar surface area (TPSA) is 39.3 Å². The van der Waals surface area contributed by atoms with E-state index in [0.717, 1.165) is 19.6 Å². The number of nitrogens with zero attached hydrogens (tertiary/aromatic N) is 1.